The van der Waals surface area contributed by atoms with Gasteiger partial charge in [0, 0.05) is 45.7 Å². The van der Waals surface area contributed by atoms with Gasteiger partial charge in [-0.2, -0.15) is 0 Å². The van der Waals surface area contributed by atoms with Gasteiger partial charge in [-0.3, -0.25) is 14.5 Å². The quantitative estimate of drug-likeness (QED) is 0.606. The molecule has 0 atom stereocenters. The molecule has 0 aromatic heterocycles. The molecule has 1 heterocycles. The molecule has 1 fully saturated rings. The summed E-state index contributed by atoms with van der Waals surface area (Å²) in [5.41, 5.74) is 1.94. The number of aryl methyl sites for hydroxylation is 2. The fourth-order valence-electron chi connectivity index (χ4n) is 3.09. The molecule has 0 bridgehead atoms. The number of hydrogen-bond donors (Lipinski definition) is 2. The monoisotopic (exact) mass is 424 g/mol. The van der Waals surface area contributed by atoms with Gasteiger partial charge in [-0.1, -0.05) is 13.0 Å². The maximum absolute atomic E-state index is 12.4. The highest BCUT2D eigenvalue weighted by molar-refractivity contribution is 7.89. The van der Waals surface area contributed by atoms with Crippen LogP contribution in [0.3, 0.4) is 0 Å². The van der Waals surface area contributed by atoms with Crippen LogP contribution in [0.1, 0.15) is 30.9 Å². The Bertz CT molecular complexity index is 818. The minimum absolute atomic E-state index is 0.00683. The number of hydrogen-bond acceptors (Lipinski definition) is 5. The molecule has 1 saturated heterocycles. The van der Waals surface area contributed by atoms with Crippen molar-refractivity contribution in [2.75, 3.05) is 45.8 Å². The molecule has 1 aliphatic heterocycles. The first-order valence-corrected chi connectivity index (χ1v) is 11.5. The molecule has 162 valence electrons. The lowest BCUT2D eigenvalue weighted by Gasteiger charge is -2.34. The number of carbonyl (C=O) groups is 2. The van der Waals surface area contributed by atoms with Crippen molar-refractivity contribution in [3.63, 3.8) is 0 Å². The molecule has 0 spiro atoms. The molecule has 29 heavy (non-hydrogen) atoms. The zero-order chi connectivity index (χ0) is 21.4. The lowest BCUT2D eigenvalue weighted by molar-refractivity contribution is -0.133. The molecule has 2 N–H and O–H groups in total. The number of benzene rings is 1. The van der Waals surface area contributed by atoms with Crippen LogP contribution in [-0.2, 0) is 19.6 Å². The third-order valence-electron chi connectivity index (χ3n) is 5.08. The Morgan fingerprint density at radius 1 is 1.03 bits per heavy atom. The second-order valence-corrected chi connectivity index (χ2v) is 9.17. The zero-order valence-corrected chi connectivity index (χ0v) is 18.3. The summed E-state index contributed by atoms with van der Waals surface area (Å²) in [6.07, 6.45) is 1.02. The number of amides is 2. The van der Waals surface area contributed by atoms with E-state index in [4.69, 9.17) is 0 Å². The van der Waals surface area contributed by atoms with Crippen LogP contribution in [0.2, 0.25) is 0 Å². The molecule has 9 heteroatoms. The summed E-state index contributed by atoms with van der Waals surface area (Å²) in [5, 5.41) is 2.85. The molecule has 2 rings (SSSR count). The summed E-state index contributed by atoms with van der Waals surface area (Å²) in [6.45, 7) is 9.25. The smallest absolute Gasteiger partial charge is 0.240 e. The fourth-order valence-corrected chi connectivity index (χ4v) is 4.21. The molecule has 2 amide bonds. The average molecular weight is 425 g/mol. The van der Waals surface area contributed by atoms with Crippen molar-refractivity contribution in [3.8, 4) is 0 Å². The highest BCUT2D eigenvalue weighted by Crippen LogP contribution is 2.14. The average Bonchev–Trinajstić information content (AvgIpc) is 2.68. The molecule has 0 unspecified atom stereocenters. The highest BCUT2D eigenvalue weighted by atomic mass is 32.2. The third kappa shape index (κ3) is 7.09. The van der Waals surface area contributed by atoms with Crippen molar-refractivity contribution in [2.24, 2.45) is 0 Å². The molecule has 0 saturated carbocycles. The van der Waals surface area contributed by atoms with E-state index in [1.54, 1.807) is 23.1 Å². The number of sulfonamides is 1. The van der Waals surface area contributed by atoms with Crippen LogP contribution in [0.25, 0.3) is 0 Å². The summed E-state index contributed by atoms with van der Waals surface area (Å²) in [6, 6.07) is 4.98. The number of rotatable bonds is 9. The normalized spacial score (nSPS) is 15.3. The van der Waals surface area contributed by atoms with Gasteiger partial charge in [-0.25, -0.2) is 13.1 Å². The van der Waals surface area contributed by atoms with Crippen molar-refractivity contribution in [3.05, 3.63) is 29.3 Å². The van der Waals surface area contributed by atoms with E-state index in [-0.39, 0.29) is 29.7 Å². The number of carbonyl (C=O) groups excluding carboxylic acids is 2. The van der Waals surface area contributed by atoms with Gasteiger partial charge in [0.05, 0.1) is 11.4 Å². The SMILES string of the molecule is CCCNC(=O)CN1CCN(C(=O)CCNS(=O)(=O)c2ccc(C)c(C)c2)CC1. The van der Waals surface area contributed by atoms with Gasteiger partial charge >= 0.3 is 0 Å². The van der Waals surface area contributed by atoms with Crippen LogP contribution in [0, 0.1) is 13.8 Å². The first-order valence-electron chi connectivity index (χ1n) is 10.1. The Balaban J connectivity index is 1.74. The highest BCUT2D eigenvalue weighted by Gasteiger charge is 2.23. The summed E-state index contributed by atoms with van der Waals surface area (Å²) < 4.78 is 27.3. The number of nitrogens with one attached hydrogen (secondary N) is 2. The zero-order valence-electron chi connectivity index (χ0n) is 17.5. The Morgan fingerprint density at radius 2 is 1.72 bits per heavy atom. The summed E-state index contributed by atoms with van der Waals surface area (Å²) in [7, 11) is -3.63. The summed E-state index contributed by atoms with van der Waals surface area (Å²) in [5.74, 6) is -0.0738. The van der Waals surface area contributed by atoms with Gasteiger partial charge in [0.1, 0.15) is 0 Å². The van der Waals surface area contributed by atoms with Gasteiger partial charge in [-0.15, -0.1) is 0 Å². The first kappa shape index (κ1) is 23.3. The van der Waals surface area contributed by atoms with Crippen LogP contribution in [-0.4, -0.2) is 75.8 Å². The molecular weight excluding hydrogens is 392 g/mol. The van der Waals surface area contributed by atoms with Gasteiger partial charge < -0.3 is 10.2 Å². The van der Waals surface area contributed by atoms with Crippen LogP contribution in [0.5, 0.6) is 0 Å². The van der Waals surface area contributed by atoms with Crippen LogP contribution < -0.4 is 10.0 Å². The van der Waals surface area contributed by atoms with Crippen LogP contribution >= 0.6 is 0 Å². The van der Waals surface area contributed by atoms with E-state index in [1.165, 1.54) is 0 Å². The van der Waals surface area contributed by atoms with E-state index < -0.39 is 10.0 Å². The van der Waals surface area contributed by atoms with Gasteiger partial charge in [0.25, 0.3) is 0 Å². The topological polar surface area (TPSA) is 98.8 Å². The van der Waals surface area contributed by atoms with E-state index in [2.05, 4.69) is 10.0 Å². The Labute approximate surface area is 173 Å². The molecular formula is C20H32N4O4S. The lowest BCUT2D eigenvalue weighted by atomic mass is 10.1. The minimum Gasteiger partial charge on any atom is -0.355 e. The molecule has 0 radical (unpaired) electrons. The van der Waals surface area contributed by atoms with Gasteiger partial charge in [0.15, 0.2) is 0 Å². The van der Waals surface area contributed by atoms with E-state index in [0.29, 0.717) is 39.3 Å². The van der Waals surface area contributed by atoms with Crippen molar-refractivity contribution < 1.29 is 18.0 Å². The van der Waals surface area contributed by atoms with Crippen LogP contribution in [0.4, 0.5) is 0 Å². The van der Waals surface area contributed by atoms with E-state index in [9.17, 15) is 18.0 Å². The standard InChI is InChI=1S/C20H32N4O4S/c1-4-8-21-19(25)15-23-10-12-24(13-11-23)20(26)7-9-22-29(27,28)18-6-5-16(2)17(3)14-18/h5-6,14,22H,4,7-13,15H2,1-3H3,(H,21,25). The maximum Gasteiger partial charge on any atom is 0.240 e. The van der Waals surface area contributed by atoms with Crippen molar-refractivity contribution in [2.45, 2.75) is 38.5 Å². The van der Waals surface area contributed by atoms with Crippen molar-refractivity contribution in [1.29, 1.82) is 0 Å². The van der Waals surface area contributed by atoms with Gasteiger partial charge in [-0.05, 0) is 43.5 Å². The Hall–Kier alpha value is -1.97. The Kier molecular flexibility index (Phi) is 8.60. The largest absolute Gasteiger partial charge is 0.355 e. The molecule has 1 aromatic rings. The molecule has 1 aromatic carbocycles. The second-order valence-electron chi connectivity index (χ2n) is 7.40. The van der Waals surface area contributed by atoms with Gasteiger partial charge in [0.2, 0.25) is 21.8 Å². The fraction of sp³-hybridized carbons (Fsp3) is 0.600. The molecule has 1 aliphatic rings. The molecule has 8 nitrogen and oxygen atoms in total. The van der Waals surface area contributed by atoms with E-state index in [1.807, 2.05) is 25.7 Å². The summed E-state index contributed by atoms with van der Waals surface area (Å²) in [4.78, 5) is 28.1. The van der Waals surface area contributed by atoms with E-state index >= 15 is 0 Å². The predicted octanol–water partition coefficient (Wildman–Crippen LogP) is 0.642. The molecule has 0 aliphatic carbocycles. The lowest BCUT2D eigenvalue weighted by Crippen LogP contribution is -2.51. The Morgan fingerprint density at radius 3 is 2.34 bits per heavy atom. The predicted molar refractivity (Wildman–Crippen MR) is 112 cm³/mol. The number of piperazine rings is 1. The minimum atomic E-state index is -3.63. The van der Waals surface area contributed by atoms with Crippen molar-refractivity contribution >= 4 is 21.8 Å². The van der Waals surface area contributed by atoms with E-state index in [0.717, 1.165) is 17.5 Å². The second kappa shape index (κ2) is 10.7. The number of nitrogens with zero attached hydrogens (tertiary/aromatic N) is 2. The van der Waals surface area contributed by atoms with Crippen molar-refractivity contribution in [1.82, 2.24) is 19.8 Å². The maximum atomic E-state index is 12.4. The van der Waals surface area contributed by atoms with Crippen LogP contribution in [0.15, 0.2) is 23.1 Å². The summed E-state index contributed by atoms with van der Waals surface area (Å²) >= 11 is 0. The first-order chi connectivity index (χ1) is 13.7. The third-order valence-corrected chi connectivity index (χ3v) is 6.54.